The lowest BCUT2D eigenvalue weighted by Crippen LogP contribution is -2.21. The van der Waals surface area contributed by atoms with E-state index in [2.05, 4.69) is 5.32 Å². The standard InChI is InChI=1S/C17H12N2O4/c18-15(20)11-5-3-6-12(8-11)19-16(21)13-9-10-4-1-2-7-14(10)23-17(13)22/h1-9H,(H2,18,20)(H,19,21). The Kier molecular flexibility index (Phi) is 3.64. The number of hydrogen-bond donors (Lipinski definition) is 2. The van der Waals surface area contributed by atoms with Crippen LogP contribution in [0, 0.1) is 0 Å². The summed E-state index contributed by atoms with van der Waals surface area (Å²) in [6, 6.07) is 14.5. The second-order valence-electron chi connectivity index (χ2n) is 4.88. The Labute approximate surface area is 130 Å². The van der Waals surface area contributed by atoms with Crippen molar-refractivity contribution in [2.24, 2.45) is 5.73 Å². The number of nitrogens with two attached hydrogens (primary N) is 1. The van der Waals surface area contributed by atoms with Gasteiger partial charge in [-0.2, -0.15) is 0 Å². The molecule has 0 aliphatic heterocycles. The van der Waals surface area contributed by atoms with Crippen molar-refractivity contribution in [3.05, 3.63) is 76.1 Å². The monoisotopic (exact) mass is 308 g/mol. The number of primary amides is 1. The highest BCUT2D eigenvalue weighted by Crippen LogP contribution is 2.15. The van der Waals surface area contributed by atoms with Gasteiger partial charge in [-0.15, -0.1) is 0 Å². The van der Waals surface area contributed by atoms with Crippen LogP contribution in [0.1, 0.15) is 20.7 Å². The zero-order chi connectivity index (χ0) is 16.4. The molecule has 0 fully saturated rings. The number of fused-ring (bicyclic) bond motifs is 1. The lowest BCUT2D eigenvalue weighted by Gasteiger charge is -2.06. The van der Waals surface area contributed by atoms with Gasteiger partial charge in [0.15, 0.2) is 0 Å². The maximum Gasteiger partial charge on any atom is 0.349 e. The number of benzene rings is 2. The van der Waals surface area contributed by atoms with Gasteiger partial charge in [0, 0.05) is 16.6 Å². The molecule has 114 valence electrons. The van der Waals surface area contributed by atoms with Crippen LogP contribution in [0.4, 0.5) is 5.69 Å². The summed E-state index contributed by atoms with van der Waals surface area (Å²) in [4.78, 5) is 35.4. The molecule has 0 saturated heterocycles. The van der Waals surface area contributed by atoms with Crippen LogP contribution in [-0.4, -0.2) is 11.8 Å². The van der Waals surface area contributed by atoms with E-state index in [1.54, 1.807) is 36.4 Å². The molecule has 3 N–H and O–H groups in total. The molecule has 0 spiro atoms. The topological polar surface area (TPSA) is 102 Å². The van der Waals surface area contributed by atoms with E-state index in [4.69, 9.17) is 10.2 Å². The average molecular weight is 308 g/mol. The number of nitrogens with one attached hydrogen (secondary N) is 1. The van der Waals surface area contributed by atoms with E-state index in [1.165, 1.54) is 18.2 Å². The van der Waals surface area contributed by atoms with E-state index < -0.39 is 17.4 Å². The van der Waals surface area contributed by atoms with Crippen LogP contribution < -0.4 is 16.7 Å². The molecule has 0 saturated carbocycles. The van der Waals surface area contributed by atoms with Crippen LogP contribution in [0.2, 0.25) is 0 Å². The molecule has 3 aromatic rings. The summed E-state index contributed by atoms with van der Waals surface area (Å²) in [6.07, 6.45) is 0. The van der Waals surface area contributed by atoms with Crippen molar-refractivity contribution in [1.29, 1.82) is 0 Å². The molecule has 6 nitrogen and oxygen atoms in total. The molecule has 0 radical (unpaired) electrons. The minimum Gasteiger partial charge on any atom is -0.422 e. The van der Waals surface area contributed by atoms with Gasteiger partial charge in [-0.05, 0) is 30.3 Å². The Morgan fingerprint density at radius 2 is 1.78 bits per heavy atom. The van der Waals surface area contributed by atoms with Crippen molar-refractivity contribution in [1.82, 2.24) is 0 Å². The Morgan fingerprint density at radius 1 is 1.00 bits per heavy atom. The van der Waals surface area contributed by atoms with Crippen molar-refractivity contribution >= 4 is 28.5 Å². The van der Waals surface area contributed by atoms with Crippen molar-refractivity contribution < 1.29 is 14.0 Å². The highest BCUT2D eigenvalue weighted by atomic mass is 16.4. The third-order valence-corrected chi connectivity index (χ3v) is 3.29. The molecule has 0 aliphatic carbocycles. The van der Waals surface area contributed by atoms with Gasteiger partial charge in [0.1, 0.15) is 11.1 Å². The summed E-state index contributed by atoms with van der Waals surface area (Å²) in [5, 5.41) is 3.19. The number of hydrogen-bond acceptors (Lipinski definition) is 4. The van der Waals surface area contributed by atoms with Crippen LogP contribution in [0.3, 0.4) is 0 Å². The first kappa shape index (κ1) is 14.5. The Balaban J connectivity index is 1.94. The molecular weight excluding hydrogens is 296 g/mol. The summed E-state index contributed by atoms with van der Waals surface area (Å²) in [7, 11) is 0. The zero-order valence-corrected chi connectivity index (χ0v) is 11.9. The highest BCUT2D eigenvalue weighted by Gasteiger charge is 2.14. The van der Waals surface area contributed by atoms with Crippen molar-refractivity contribution in [2.45, 2.75) is 0 Å². The second-order valence-corrected chi connectivity index (χ2v) is 4.88. The van der Waals surface area contributed by atoms with Crippen LogP contribution in [0.25, 0.3) is 11.0 Å². The third kappa shape index (κ3) is 2.96. The smallest absolute Gasteiger partial charge is 0.349 e. The number of rotatable bonds is 3. The molecule has 23 heavy (non-hydrogen) atoms. The lowest BCUT2D eigenvalue weighted by molar-refractivity contribution is 0.0995. The van der Waals surface area contributed by atoms with Gasteiger partial charge in [0.25, 0.3) is 5.91 Å². The fourth-order valence-electron chi connectivity index (χ4n) is 2.17. The number of anilines is 1. The molecule has 3 rings (SSSR count). The van der Waals surface area contributed by atoms with Gasteiger partial charge in [-0.1, -0.05) is 24.3 Å². The number of carbonyl (C=O) groups excluding carboxylic acids is 2. The van der Waals surface area contributed by atoms with E-state index in [0.717, 1.165) is 0 Å². The first-order chi connectivity index (χ1) is 11.0. The van der Waals surface area contributed by atoms with Gasteiger partial charge in [0.2, 0.25) is 5.91 Å². The molecule has 0 unspecified atom stereocenters. The molecule has 6 heteroatoms. The summed E-state index contributed by atoms with van der Waals surface area (Å²) in [5.74, 6) is -1.22. The lowest BCUT2D eigenvalue weighted by atomic mass is 10.1. The Hall–Kier alpha value is -3.41. The van der Waals surface area contributed by atoms with Crippen molar-refractivity contribution in [3.63, 3.8) is 0 Å². The quantitative estimate of drug-likeness (QED) is 0.723. The van der Waals surface area contributed by atoms with Gasteiger partial charge in [-0.25, -0.2) is 4.79 Å². The third-order valence-electron chi connectivity index (χ3n) is 3.29. The predicted octanol–water partition coefficient (Wildman–Crippen LogP) is 2.14. The van der Waals surface area contributed by atoms with Crippen LogP contribution in [0.5, 0.6) is 0 Å². The Morgan fingerprint density at radius 3 is 2.57 bits per heavy atom. The number of para-hydroxylation sites is 1. The molecule has 0 bridgehead atoms. The molecule has 2 aromatic carbocycles. The van der Waals surface area contributed by atoms with E-state index in [9.17, 15) is 14.4 Å². The van der Waals surface area contributed by atoms with E-state index in [0.29, 0.717) is 16.7 Å². The summed E-state index contributed by atoms with van der Waals surface area (Å²) < 4.78 is 5.12. The number of carbonyl (C=O) groups is 2. The first-order valence-corrected chi connectivity index (χ1v) is 6.79. The summed E-state index contributed by atoms with van der Waals surface area (Å²) >= 11 is 0. The zero-order valence-electron chi connectivity index (χ0n) is 11.9. The van der Waals surface area contributed by atoms with Gasteiger partial charge in [-0.3, -0.25) is 9.59 Å². The SMILES string of the molecule is NC(=O)c1cccc(NC(=O)c2cc3ccccc3oc2=O)c1. The Bertz CT molecular complexity index is 975. The molecule has 0 aliphatic rings. The normalized spacial score (nSPS) is 10.4. The summed E-state index contributed by atoms with van der Waals surface area (Å²) in [6.45, 7) is 0. The van der Waals surface area contributed by atoms with Crippen molar-refractivity contribution in [3.8, 4) is 0 Å². The van der Waals surface area contributed by atoms with Gasteiger partial charge >= 0.3 is 5.63 Å². The van der Waals surface area contributed by atoms with Gasteiger partial charge < -0.3 is 15.5 Å². The largest absolute Gasteiger partial charge is 0.422 e. The minimum absolute atomic E-state index is 0.117. The summed E-state index contributed by atoms with van der Waals surface area (Å²) in [5.41, 5.74) is 5.37. The highest BCUT2D eigenvalue weighted by molar-refractivity contribution is 6.06. The predicted molar refractivity (Wildman–Crippen MR) is 85.4 cm³/mol. The van der Waals surface area contributed by atoms with E-state index in [-0.39, 0.29) is 11.1 Å². The van der Waals surface area contributed by atoms with Crippen LogP contribution in [-0.2, 0) is 0 Å². The van der Waals surface area contributed by atoms with E-state index >= 15 is 0 Å². The molecular formula is C17H12N2O4. The fourth-order valence-corrected chi connectivity index (χ4v) is 2.17. The second kappa shape index (κ2) is 5.76. The van der Waals surface area contributed by atoms with Gasteiger partial charge in [0.05, 0.1) is 0 Å². The fraction of sp³-hybridized carbons (Fsp3) is 0. The molecule has 1 heterocycles. The molecule has 1 aromatic heterocycles. The maximum atomic E-state index is 12.3. The van der Waals surface area contributed by atoms with Crippen LogP contribution >= 0.6 is 0 Å². The first-order valence-electron chi connectivity index (χ1n) is 6.79. The number of amides is 2. The molecule has 0 atom stereocenters. The van der Waals surface area contributed by atoms with Crippen molar-refractivity contribution in [2.75, 3.05) is 5.32 Å². The maximum absolute atomic E-state index is 12.3. The average Bonchev–Trinajstić information content (AvgIpc) is 2.54. The minimum atomic E-state index is -0.729. The van der Waals surface area contributed by atoms with E-state index in [1.807, 2.05) is 0 Å². The van der Waals surface area contributed by atoms with Crippen LogP contribution in [0.15, 0.2) is 63.8 Å². The molecule has 2 amide bonds.